The SMILES string of the molecule is CCONC(=O)c1ccc(-c2ccsc2)nc1C. The molecule has 2 rings (SSSR count). The zero-order valence-corrected chi connectivity index (χ0v) is 11.1. The van der Waals surface area contributed by atoms with Crippen molar-refractivity contribution in [3.05, 3.63) is 40.2 Å². The van der Waals surface area contributed by atoms with Gasteiger partial charge in [-0.15, -0.1) is 0 Å². The van der Waals surface area contributed by atoms with Gasteiger partial charge in [0.2, 0.25) is 0 Å². The van der Waals surface area contributed by atoms with Crippen molar-refractivity contribution in [3.63, 3.8) is 0 Å². The van der Waals surface area contributed by atoms with E-state index in [0.29, 0.717) is 17.9 Å². The molecule has 0 aliphatic rings. The molecule has 0 saturated carbocycles. The van der Waals surface area contributed by atoms with Gasteiger partial charge >= 0.3 is 0 Å². The largest absolute Gasteiger partial charge is 0.276 e. The summed E-state index contributed by atoms with van der Waals surface area (Å²) in [6, 6.07) is 5.62. The standard InChI is InChI=1S/C13H14N2O2S/c1-3-17-15-13(16)11-4-5-12(14-9(11)2)10-6-7-18-8-10/h4-8H,3H2,1-2H3,(H,15,16). The van der Waals surface area contributed by atoms with Crippen molar-refractivity contribution in [2.24, 2.45) is 0 Å². The third-order valence-corrected chi connectivity index (χ3v) is 3.14. The molecule has 2 aromatic rings. The fraction of sp³-hybridized carbons (Fsp3) is 0.231. The van der Waals surface area contributed by atoms with E-state index in [2.05, 4.69) is 10.5 Å². The zero-order valence-electron chi connectivity index (χ0n) is 10.3. The first kappa shape index (κ1) is 12.7. The normalized spacial score (nSPS) is 10.3. The van der Waals surface area contributed by atoms with Crippen LogP contribution in [-0.2, 0) is 4.84 Å². The Labute approximate surface area is 110 Å². The van der Waals surface area contributed by atoms with Crippen LogP contribution in [0.2, 0.25) is 0 Å². The highest BCUT2D eigenvalue weighted by atomic mass is 32.1. The van der Waals surface area contributed by atoms with E-state index in [9.17, 15) is 4.79 Å². The van der Waals surface area contributed by atoms with E-state index < -0.39 is 0 Å². The molecule has 1 N–H and O–H groups in total. The number of pyridine rings is 1. The molecule has 0 saturated heterocycles. The first-order valence-corrected chi connectivity index (χ1v) is 6.59. The van der Waals surface area contributed by atoms with Crippen molar-refractivity contribution >= 4 is 17.2 Å². The number of hydrogen-bond acceptors (Lipinski definition) is 4. The third-order valence-electron chi connectivity index (χ3n) is 2.46. The minimum Gasteiger partial charge on any atom is -0.274 e. The predicted octanol–water partition coefficient (Wildman–Crippen LogP) is 2.80. The van der Waals surface area contributed by atoms with Crippen LogP contribution in [-0.4, -0.2) is 17.5 Å². The van der Waals surface area contributed by atoms with Crippen molar-refractivity contribution in [1.29, 1.82) is 0 Å². The van der Waals surface area contributed by atoms with E-state index in [-0.39, 0.29) is 5.91 Å². The van der Waals surface area contributed by atoms with E-state index in [1.54, 1.807) is 17.4 Å². The quantitative estimate of drug-likeness (QED) is 0.862. The van der Waals surface area contributed by atoms with Crippen LogP contribution in [0.1, 0.15) is 23.0 Å². The lowest BCUT2D eigenvalue weighted by molar-refractivity contribution is 0.0363. The Hall–Kier alpha value is -1.72. The highest BCUT2D eigenvalue weighted by Crippen LogP contribution is 2.21. The summed E-state index contributed by atoms with van der Waals surface area (Å²) < 4.78 is 0. The number of hydrogen-bond donors (Lipinski definition) is 1. The van der Waals surface area contributed by atoms with Crippen molar-refractivity contribution in [1.82, 2.24) is 10.5 Å². The molecular weight excluding hydrogens is 248 g/mol. The smallest absolute Gasteiger partial charge is 0.274 e. The van der Waals surface area contributed by atoms with Crippen LogP contribution in [0.25, 0.3) is 11.3 Å². The Balaban J connectivity index is 2.23. The number of rotatable bonds is 4. The molecule has 0 spiro atoms. The summed E-state index contributed by atoms with van der Waals surface area (Å²) in [6.45, 7) is 4.06. The topological polar surface area (TPSA) is 51.2 Å². The van der Waals surface area contributed by atoms with Gasteiger partial charge < -0.3 is 0 Å². The van der Waals surface area contributed by atoms with Crippen molar-refractivity contribution < 1.29 is 9.63 Å². The first-order chi connectivity index (χ1) is 8.72. The second-order valence-corrected chi connectivity index (χ2v) is 4.49. The molecule has 5 heteroatoms. The molecule has 0 unspecified atom stereocenters. The highest BCUT2D eigenvalue weighted by Gasteiger charge is 2.11. The lowest BCUT2D eigenvalue weighted by atomic mass is 10.1. The Morgan fingerprint density at radius 3 is 2.89 bits per heavy atom. The Morgan fingerprint density at radius 1 is 1.44 bits per heavy atom. The van der Waals surface area contributed by atoms with Crippen molar-refractivity contribution in [2.75, 3.05) is 6.61 Å². The van der Waals surface area contributed by atoms with Crippen LogP contribution in [0, 0.1) is 6.92 Å². The van der Waals surface area contributed by atoms with Crippen LogP contribution in [0.4, 0.5) is 0 Å². The minimum absolute atomic E-state index is 0.265. The molecule has 94 valence electrons. The summed E-state index contributed by atoms with van der Waals surface area (Å²) in [5.41, 5.74) is 5.53. The maximum Gasteiger partial charge on any atom is 0.276 e. The second-order valence-electron chi connectivity index (χ2n) is 3.71. The number of aromatic nitrogens is 1. The second kappa shape index (κ2) is 5.75. The molecule has 0 radical (unpaired) electrons. The van der Waals surface area contributed by atoms with E-state index in [4.69, 9.17) is 4.84 Å². The summed E-state index contributed by atoms with van der Waals surface area (Å²) >= 11 is 1.62. The van der Waals surface area contributed by atoms with Crippen LogP contribution < -0.4 is 5.48 Å². The van der Waals surface area contributed by atoms with Crippen LogP contribution in [0.15, 0.2) is 29.0 Å². The molecule has 0 aliphatic carbocycles. The Bertz CT molecular complexity index is 538. The molecule has 2 heterocycles. The van der Waals surface area contributed by atoms with Gasteiger partial charge in [0, 0.05) is 10.9 Å². The maximum atomic E-state index is 11.7. The van der Waals surface area contributed by atoms with Gasteiger partial charge in [-0.2, -0.15) is 11.3 Å². The van der Waals surface area contributed by atoms with Crippen LogP contribution >= 0.6 is 11.3 Å². The minimum atomic E-state index is -0.265. The number of nitrogens with one attached hydrogen (secondary N) is 1. The van der Waals surface area contributed by atoms with E-state index in [1.165, 1.54) is 0 Å². The number of carbonyl (C=O) groups is 1. The van der Waals surface area contributed by atoms with Gasteiger partial charge in [-0.05, 0) is 37.4 Å². The van der Waals surface area contributed by atoms with Gasteiger partial charge in [0.05, 0.1) is 23.6 Å². The summed E-state index contributed by atoms with van der Waals surface area (Å²) in [7, 11) is 0. The van der Waals surface area contributed by atoms with Gasteiger partial charge in [0.25, 0.3) is 5.91 Å². The molecule has 0 bridgehead atoms. The number of hydroxylamine groups is 1. The van der Waals surface area contributed by atoms with Gasteiger partial charge in [-0.3, -0.25) is 14.6 Å². The summed E-state index contributed by atoms with van der Waals surface area (Å²) in [5, 5.41) is 4.03. The van der Waals surface area contributed by atoms with Crippen molar-refractivity contribution in [2.45, 2.75) is 13.8 Å². The average molecular weight is 262 g/mol. The summed E-state index contributed by atoms with van der Waals surface area (Å²) in [6.07, 6.45) is 0. The predicted molar refractivity (Wildman–Crippen MR) is 71.4 cm³/mol. The lowest BCUT2D eigenvalue weighted by Crippen LogP contribution is -2.24. The third kappa shape index (κ3) is 2.75. The van der Waals surface area contributed by atoms with E-state index in [0.717, 1.165) is 11.3 Å². The van der Waals surface area contributed by atoms with Crippen LogP contribution in [0.5, 0.6) is 0 Å². The molecule has 1 amide bonds. The molecule has 2 aromatic heterocycles. The van der Waals surface area contributed by atoms with E-state index in [1.807, 2.05) is 36.7 Å². The number of carbonyl (C=O) groups excluding carboxylic acids is 1. The van der Waals surface area contributed by atoms with E-state index >= 15 is 0 Å². The summed E-state index contributed by atoms with van der Waals surface area (Å²) in [4.78, 5) is 21.1. The summed E-state index contributed by atoms with van der Waals surface area (Å²) in [5.74, 6) is -0.265. The molecule has 0 aliphatic heterocycles. The number of aryl methyl sites for hydroxylation is 1. The fourth-order valence-corrected chi connectivity index (χ4v) is 2.21. The lowest BCUT2D eigenvalue weighted by Gasteiger charge is -2.07. The molecule has 0 atom stereocenters. The average Bonchev–Trinajstić information content (AvgIpc) is 2.89. The Kier molecular flexibility index (Phi) is 4.07. The van der Waals surface area contributed by atoms with Crippen LogP contribution in [0.3, 0.4) is 0 Å². The zero-order chi connectivity index (χ0) is 13.0. The van der Waals surface area contributed by atoms with Gasteiger partial charge in [-0.1, -0.05) is 0 Å². The monoisotopic (exact) mass is 262 g/mol. The van der Waals surface area contributed by atoms with Gasteiger partial charge in [-0.25, -0.2) is 5.48 Å². The number of nitrogens with zero attached hydrogens (tertiary/aromatic N) is 1. The number of thiophene rings is 1. The maximum absolute atomic E-state index is 11.7. The Morgan fingerprint density at radius 2 is 2.28 bits per heavy atom. The highest BCUT2D eigenvalue weighted by molar-refractivity contribution is 7.08. The fourth-order valence-electron chi connectivity index (χ4n) is 1.56. The molecule has 0 fully saturated rings. The number of amides is 1. The molecule has 0 aromatic carbocycles. The van der Waals surface area contributed by atoms with Gasteiger partial charge in [0.15, 0.2) is 0 Å². The molecular formula is C13H14N2O2S. The van der Waals surface area contributed by atoms with Gasteiger partial charge in [0.1, 0.15) is 0 Å². The first-order valence-electron chi connectivity index (χ1n) is 5.64. The molecule has 4 nitrogen and oxygen atoms in total. The van der Waals surface area contributed by atoms with Crippen molar-refractivity contribution in [3.8, 4) is 11.3 Å². The molecule has 18 heavy (non-hydrogen) atoms.